The highest BCUT2D eigenvalue weighted by Gasteiger charge is 2.17. The summed E-state index contributed by atoms with van der Waals surface area (Å²) in [6.07, 6.45) is 0.829. The lowest BCUT2D eigenvalue weighted by atomic mass is 10.1. The van der Waals surface area contributed by atoms with Gasteiger partial charge in [-0.15, -0.1) is 0 Å². The molecule has 3 heteroatoms. The topological polar surface area (TPSA) is 45.0 Å². The molecule has 0 aromatic heterocycles. The minimum atomic E-state index is 0.100. The Morgan fingerprint density at radius 1 is 1.27 bits per heavy atom. The largest absolute Gasteiger partial charge is 0.508 e. The summed E-state index contributed by atoms with van der Waals surface area (Å²) in [5.74, 6) is 0.338. The van der Waals surface area contributed by atoms with Gasteiger partial charge in [-0.1, -0.05) is 18.2 Å². The van der Waals surface area contributed by atoms with Crippen LogP contribution in [0.25, 0.3) is 0 Å². The lowest BCUT2D eigenvalue weighted by molar-refractivity contribution is 0.467. The molecule has 1 aromatic carbocycles. The Bertz CT molecular complexity index is 290. The zero-order valence-electron chi connectivity index (χ0n) is 5.94. The van der Waals surface area contributed by atoms with Crippen LogP contribution in [0, 0.1) is 0 Å². The summed E-state index contributed by atoms with van der Waals surface area (Å²) in [7, 11) is 0. The van der Waals surface area contributed by atoms with E-state index in [9.17, 15) is 5.11 Å². The second-order valence-corrected chi connectivity index (χ2v) is 2.54. The summed E-state index contributed by atoms with van der Waals surface area (Å²) in [6, 6.07) is 7.27. The number of rotatable bonds is 2. The van der Waals surface area contributed by atoms with Crippen LogP contribution < -0.4 is 0 Å². The molecule has 0 amide bonds. The fourth-order valence-electron chi connectivity index (χ4n) is 1.01. The van der Waals surface area contributed by atoms with Crippen molar-refractivity contribution in [1.29, 1.82) is 0 Å². The molecule has 1 aromatic rings. The molecular weight excluding hydrogens is 140 g/mol. The molecule has 0 aliphatic carbocycles. The highest BCUT2D eigenvalue weighted by atomic mass is 16.3. The van der Waals surface area contributed by atoms with Crippen molar-refractivity contribution in [3.05, 3.63) is 29.8 Å². The van der Waals surface area contributed by atoms with E-state index in [1.54, 1.807) is 12.1 Å². The fourth-order valence-corrected chi connectivity index (χ4v) is 1.01. The molecule has 11 heavy (non-hydrogen) atoms. The lowest BCUT2D eigenvalue weighted by Crippen LogP contribution is -1.92. The SMILES string of the molecule is Oc1ccccc1CC1N=N1. The normalized spacial score (nSPS) is 15.3. The van der Waals surface area contributed by atoms with Crippen molar-refractivity contribution in [3.8, 4) is 5.75 Å². The highest BCUT2D eigenvalue weighted by molar-refractivity contribution is 5.32. The quantitative estimate of drug-likeness (QED) is 0.682. The minimum absolute atomic E-state index is 0.100. The zero-order valence-corrected chi connectivity index (χ0v) is 5.94. The van der Waals surface area contributed by atoms with E-state index in [0.717, 1.165) is 12.0 Å². The van der Waals surface area contributed by atoms with E-state index in [1.807, 2.05) is 12.1 Å². The highest BCUT2D eigenvalue weighted by Crippen LogP contribution is 2.22. The number of aromatic hydroxyl groups is 1. The number of phenolic OH excluding ortho intramolecular Hbond substituents is 1. The number of hydrogen-bond acceptors (Lipinski definition) is 3. The van der Waals surface area contributed by atoms with Gasteiger partial charge in [0.25, 0.3) is 0 Å². The van der Waals surface area contributed by atoms with Gasteiger partial charge in [-0.2, -0.15) is 10.2 Å². The summed E-state index contributed by atoms with van der Waals surface area (Å²) >= 11 is 0. The fraction of sp³-hybridized carbons (Fsp3) is 0.250. The van der Waals surface area contributed by atoms with Crippen LogP contribution in [0.5, 0.6) is 5.75 Å². The van der Waals surface area contributed by atoms with Crippen molar-refractivity contribution >= 4 is 0 Å². The molecule has 0 bridgehead atoms. The molecule has 0 unspecified atom stereocenters. The number of para-hydroxylation sites is 1. The Morgan fingerprint density at radius 3 is 2.64 bits per heavy atom. The summed E-state index contributed by atoms with van der Waals surface area (Å²) in [4.78, 5) is 0. The molecular formula is C8H8N2O. The number of benzene rings is 1. The maximum absolute atomic E-state index is 9.30. The second kappa shape index (κ2) is 2.34. The Hall–Kier alpha value is -1.38. The van der Waals surface area contributed by atoms with Gasteiger partial charge in [0, 0.05) is 6.42 Å². The molecule has 0 saturated heterocycles. The Labute approximate surface area is 64.4 Å². The molecule has 1 aliphatic rings. The molecule has 1 aliphatic heterocycles. The first-order chi connectivity index (χ1) is 5.36. The molecule has 0 radical (unpaired) electrons. The standard InChI is InChI=1S/C8H8N2O/c11-7-4-2-1-3-6(7)5-8-9-10-8/h1-4,8,11H,5H2. The van der Waals surface area contributed by atoms with Crippen molar-refractivity contribution < 1.29 is 5.11 Å². The van der Waals surface area contributed by atoms with Gasteiger partial charge >= 0.3 is 0 Å². The van der Waals surface area contributed by atoms with Crippen LogP contribution in [0.15, 0.2) is 34.5 Å². The summed E-state index contributed by atoms with van der Waals surface area (Å²) in [6.45, 7) is 0. The van der Waals surface area contributed by atoms with Crippen LogP contribution in [-0.2, 0) is 6.42 Å². The molecule has 1 N–H and O–H groups in total. The van der Waals surface area contributed by atoms with E-state index in [-0.39, 0.29) is 6.17 Å². The second-order valence-electron chi connectivity index (χ2n) is 2.54. The predicted molar refractivity (Wildman–Crippen MR) is 40.5 cm³/mol. The third-order valence-corrected chi connectivity index (χ3v) is 1.67. The molecule has 0 saturated carbocycles. The van der Waals surface area contributed by atoms with Crippen molar-refractivity contribution in [2.24, 2.45) is 10.2 Å². The van der Waals surface area contributed by atoms with E-state index in [1.165, 1.54) is 0 Å². The predicted octanol–water partition coefficient (Wildman–Crippen LogP) is 1.73. The van der Waals surface area contributed by atoms with Crippen molar-refractivity contribution in [1.82, 2.24) is 0 Å². The third-order valence-electron chi connectivity index (χ3n) is 1.67. The third kappa shape index (κ3) is 1.37. The number of hydrogen-bond donors (Lipinski definition) is 1. The maximum Gasteiger partial charge on any atom is 0.185 e. The Balaban J connectivity index is 2.15. The van der Waals surface area contributed by atoms with Gasteiger partial charge in [-0.3, -0.25) is 0 Å². The van der Waals surface area contributed by atoms with Crippen molar-refractivity contribution in [2.75, 3.05) is 0 Å². The monoisotopic (exact) mass is 148 g/mol. The van der Waals surface area contributed by atoms with Gasteiger partial charge in [0.15, 0.2) is 6.17 Å². The molecule has 2 rings (SSSR count). The van der Waals surface area contributed by atoms with Gasteiger partial charge in [0.05, 0.1) is 0 Å². The average Bonchev–Trinajstić information content (AvgIpc) is 2.78. The maximum atomic E-state index is 9.30. The Morgan fingerprint density at radius 2 is 2.00 bits per heavy atom. The molecule has 0 fully saturated rings. The molecule has 56 valence electrons. The number of phenols is 1. The van der Waals surface area contributed by atoms with E-state index >= 15 is 0 Å². The van der Waals surface area contributed by atoms with Crippen LogP contribution >= 0.6 is 0 Å². The molecule has 1 heterocycles. The summed E-state index contributed by atoms with van der Waals surface area (Å²) < 4.78 is 0. The van der Waals surface area contributed by atoms with Gasteiger partial charge in [-0.25, -0.2) is 0 Å². The first kappa shape index (κ1) is 6.34. The van der Waals surface area contributed by atoms with Crippen LogP contribution in [0.4, 0.5) is 0 Å². The van der Waals surface area contributed by atoms with E-state index in [0.29, 0.717) is 5.75 Å². The van der Waals surface area contributed by atoms with Crippen LogP contribution in [0.2, 0.25) is 0 Å². The van der Waals surface area contributed by atoms with Crippen molar-refractivity contribution in [3.63, 3.8) is 0 Å². The van der Waals surface area contributed by atoms with Gasteiger partial charge < -0.3 is 5.11 Å². The summed E-state index contributed by atoms with van der Waals surface area (Å²) in [5, 5.41) is 16.8. The molecule has 0 spiro atoms. The van der Waals surface area contributed by atoms with Gasteiger partial charge in [-0.05, 0) is 11.6 Å². The van der Waals surface area contributed by atoms with E-state index in [2.05, 4.69) is 10.2 Å². The van der Waals surface area contributed by atoms with E-state index < -0.39 is 0 Å². The van der Waals surface area contributed by atoms with Gasteiger partial charge in [0.1, 0.15) is 5.75 Å². The first-order valence-corrected chi connectivity index (χ1v) is 3.53. The Kier molecular flexibility index (Phi) is 1.35. The average molecular weight is 148 g/mol. The number of nitrogens with zero attached hydrogens (tertiary/aromatic N) is 2. The summed E-state index contributed by atoms with van der Waals surface area (Å²) in [5.41, 5.74) is 0.919. The molecule has 3 nitrogen and oxygen atoms in total. The van der Waals surface area contributed by atoms with Gasteiger partial charge in [0.2, 0.25) is 0 Å². The zero-order chi connectivity index (χ0) is 7.68. The smallest absolute Gasteiger partial charge is 0.185 e. The van der Waals surface area contributed by atoms with Crippen LogP contribution in [0.3, 0.4) is 0 Å². The lowest BCUT2D eigenvalue weighted by Gasteiger charge is -1.99. The molecule has 0 atom stereocenters. The minimum Gasteiger partial charge on any atom is -0.508 e. The van der Waals surface area contributed by atoms with Crippen molar-refractivity contribution in [2.45, 2.75) is 12.6 Å². The van der Waals surface area contributed by atoms with E-state index in [4.69, 9.17) is 0 Å². The first-order valence-electron chi connectivity index (χ1n) is 3.53. The van der Waals surface area contributed by atoms with Crippen LogP contribution in [0.1, 0.15) is 5.56 Å². The van der Waals surface area contributed by atoms with Crippen LogP contribution in [-0.4, -0.2) is 11.3 Å².